The number of esters is 1. The van der Waals surface area contributed by atoms with Crippen LogP contribution >= 0.6 is 0 Å². The van der Waals surface area contributed by atoms with Crippen LogP contribution in [0.25, 0.3) is 0 Å². The lowest BCUT2D eigenvalue weighted by molar-refractivity contribution is -0.143. The summed E-state index contributed by atoms with van der Waals surface area (Å²) >= 11 is 0. The van der Waals surface area contributed by atoms with Crippen molar-refractivity contribution in [3.8, 4) is 0 Å². The van der Waals surface area contributed by atoms with Gasteiger partial charge in [0.25, 0.3) is 0 Å². The van der Waals surface area contributed by atoms with Crippen LogP contribution in [0.1, 0.15) is 183 Å². The van der Waals surface area contributed by atoms with Gasteiger partial charge >= 0.3 is 5.97 Å². The monoisotopic (exact) mass is 705 g/mol. The molecule has 0 fully saturated rings. The standard InChI is InChI=1S/C48H80O3/c1-36-20-22-37(23-21-36)28-41(49)51-27-19-25-44(7,8)33-46(11,12)35-48(15,16)40-30-38(42(2,3)4)29-39(31-40)47(13,14)34-45(9,10)32-43(5,6)24-18-26-50-17/h20-23,29-31H,18-19,24-28,32-35H2,1-17H3. The molecule has 0 aliphatic heterocycles. The predicted molar refractivity (Wildman–Crippen MR) is 221 cm³/mol. The Balaban J connectivity index is 2.18. The number of hydrogen-bond acceptors (Lipinski definition) is 3. The minimum Gasteiger partial charge on any atom is -0.465 e. The number of ether oxygens (including phenoxy) is 2. The number of methoxy groups -OCH3 is 1. The summed E-state index contributed by atoms with van der Waals surface area (Å²) in [5.74, 6) is -0.135. The summed E-state index contributed by atoms with van der Waals surface area (Å²) in [6.07, 6.45) is 9.13. The summed E-state index contributed by atoms with van der Waals surface area (Å²) in [6, 6.07) is 15.7. The lowest BCUT2D eigenvalue weighted by Crippen LogP contribution is -2.33. The molecule has 51 heavy (non-hydrogen) atoms. The molecule has 0 radical (unpaired) electrons. The SMILES string of the molecule is COCCCC(C)(C)CC(C)(C)CC(C)(C)c1cc(C(C)(C)C)cc(C(C)(C)CC(C)(C)CC(C)(C)CCCOC(=O)Cc2ccc(C)cc2)c1. The van der Waals surface area contributed by atoms with E-state index in [2.05, 4.69) is 129 Å². The van der Waals surface area contributed by atoms with Gasteiger partial charge in [-0.25, -0.2) is 0 Å². The zero-order valence-corrected chi connectivity index (χ0v) is 36.5. The number of carbonyl (C=O) groups is 1. The van der Waals surface area contributed by atoms with Gasteiger partial charge in [-0.3, -0.25) is 4.79 Å². The highest BCUT2D eigenvalue weighted by atomic mass is 16.5. The summed E-state index contributed by atoms with van der Waals surface area (Å²) in [6.45, 7) is 39.8. The third-order valence-electron chi connectivity index (χ3n) is 11.0. The quantitative estimate of drug-likeness (QED) is 0.102. The lowest BCUT2D eigenvalue weighted by Gasteiger charge is -2.42. The van der Waals surface area contributed by atoms with Crippen LogP contribution in [0.5, 0.6) is 0 Å². The predicted octanol–water partition coefficient (Wildman–Crippen LogP) is 13.5. The molecular formula is C48H80O3. The van der Waals surface area contributed by atoms with Gasteiger partial charge in [-0.05, 0) is 118 Å². The van der Waals surface area contributed by atoms with Crippen LogP contribution in [0.3, 0.4) is 0 Å². The number of carbonyl (C=O) groups excluding carboxylic acids is 1. The Labute approximate surface area is 316 Å². The molecule has 0 aliphatic carbocycles. The summed E-state index contributed by atoms with van der Waals surface area (Å²) in [5.41, 5.74) is 7.47. The molecule has 0 amide bonds. The van der Waals surface area contributed by atoms with Gasteiger partial charge in [-0.15, -0.1) is 0 Å². The molecule has 2 aromatic rings. The normalized spacial score (nSPS) is 13.8. The van der Waals surface area contributed by atoms with Crippen LogP contribution in [-0.4, -0.2) is 26.3 Å². The van der Waals surface area contributed by atoms with E-state index in [1.165, 1.54) is 35.1 Å². The van der Waals surface area contributed by atoms with Crippen molar-refractivity contribution in [1.82, 2.24) is 0 Å². The molecule has 3 heteroatoms. The van der Waals surface area contributed by atoms with Gasteiger partial charge in [-0.2, -0.15) is 0 Å². The van der Waals surface area contributed by atoms with Gasteiger partial charge in [0.1, 0.15) is 0 Å². The van der Waals surface area contributed by atoms with Crippen LogP contribution < -0.4 is 0 Å². The van der Waals surface area contributed by atoms with E-state index in [0.29, 0.717) is 13.0 Å². The van der Waals surface area contributed by atoms with Crippen molar-refractivity contribution in [2.24, 2.45) is 21.7 Å². The van der Waals surface area contributed by atoms with E-state index in [9.17, 15) is 4.79 Å². The van der Waals surface area contributed by atoms with Crippen LogP contribution in [0, 0.1) is 28.6 Å². The first-order valence-electron chi connectivity index (χ1n) is 19.9. The highest BCUT2D eigenvalue weighted by Gasteiger charge is 2.38. The number of rotatable bonds is 20. The molecule has 0 unspecified atom stereocenters. The molecule has 3 nitrogen and oxygen atoms in total. The van der Waals surface area contributed by atoms with Crippen LogP contribution in [0.2, 0.25) is 0 Å². The molecule has 0 saturated carbocycles. The Morgan fingerprint density at radius 2 is 0.961 bits per heavy atom. The number of hydrogen-bond donors (Lipinski definition) is 0. The van der Waals surface area contributed by atoms with E-state index in [1.54, 1.807) is 7.11 Å². The first-order chi connectivity index (χ1) is 23.1. The Hall–Kier alpha value is -2.13. The maximum absolute atomic E-state index is 12.5. The van der Waals surface area contributed by atoms with Gasteiger partial charge in [0.15, 0.2) is 0 Å². The molecule has 0 bridgehead atoms. The van der Waals surface area contributed by atoms with E-state index in [-0.39, 0.29) is 43.9 Å². The molecule has 0 heterocycles. The molecule has 0 aliphatic rings. The van der Waals surface area contributed by atoms with E-state index in [0.717, 1.165) is 50.7 Å². The van der Waals surface area contributed by atoms with Gasteiger partial charge in [-0.1, -0.05) is 152 Å². The highest BCUT2D eigenvalue weighted by Crippen LogP contribution is 2.48. The smallest absolute Gasteiger partial charge is 0.310 e. The molecule has 0 aromatic heterocycles. The Kier molecular flexibility index (Phi) is 15.3. The van der Waals surface area contributed by atoms with Gasteiger partial charge < -0.3 is 9.47 Å². The Bertz CT molecular complexity index is 1380. The minimum atomic E-state index is -0.135. The van der Waals surface area contributed by atoms with Crippen LogP contribution in [0.4, 0.5) is 0 Å². The summed E-state index contributed by atoms with van der Waals surface area (Å²) in [7, 11) is 1.81. The average molecular weight is 705 g/mol. The van der Waals surface area contributed by atoms with Crippen molar-refractivity contribution in [2.45, 2.75) is 185 Å². The van der Waals surface area contributed by atoms with Crippen molar-refractivity contribution in [1.29, 1.82) is 0 Å². The van der Waals surface area contributed by atoms with Gasteiger partial charge in [0.2, 0.25) is 0 Å². The molecule has 0 saturated heterocycles. The minimum absolute atomic E-state index is 0.00996. The second kappa shape index (κ2) is 17.3. The molecule has 0 N–H and O–H groups in total. The molecule has 2 aromatic carbocycles. The van der Waals surface area contributed by atoms with Crippen molar-refractivity contribution >= 4 is 5.97 Å². The van der Waals surface area contributed by atoms with Crippen LogP contribution in [-0.2, 0) is 36.9 Å². The van der Waals surface area contributed by atoms with Crippen molar-refractivity contribution in [2.75, 3.05) is 20.3 Å². The van der Waals surface area contributed by atoms with E-state index in [1.807, 2.05) is 24.3 Å². The van der Waals surface area contributed by atoms with Gasteiger partial charge in [0, 0.05) is 13.7 Å². The summed E-state index contributed by atoms with van der Waals surface area (Å²) in [4.78, 5) is 12.5. The van der Waals surface area contributed by atoms with Crippen molar-refractivity contribution in [3.05, 3.63) is 70.3 Å². The first kappa shape index (κ1) is 45.0. The highest BCUT2D eigenvalue weighted by molar-refractivity contribution is 5.72. The third kappa shape index (κ3) is 15.8. The van der Waals surface area contributed by atoms with E-state index in [4.69, 9.17) is 9.47 Å². The first-order valence-corrected chi connectivity index (χ1v) is 19.9. The lowest BCUT2D eigenvalue weighted by atomic mass is 9.62. The fourth-order valence-corrected chi connectivity index (χ4v) is 9.69. The Morgan fingerprint density at radius 3 is 1.37 bits per heavy atom. The number of benzene rings is 2. The van der Waals surface area contributed by atoms with E-state index >= 15 is 0 Å². The second-order valence-electron chi connectivity index (χ2n) is 21.8. The zero-order valence-electron chi connectivity index (χ0n) is 36.5. The number of aryl methyl sites for hydroxylation is 1. The topological polar surface area (TPSA) is 35.5 Å². The molecule has 2 rings (SSSR count). The van der Waals surface area contributed by atoms with Crippen molar-refractivity contribution in [3.63, 3.8) is 0 Å². The molecule has 0 atom stereocenters. The third-order valence-corrected chi connectivity index (χ3v) is 11.0. The fraction of sp³-hybridized carbons (Fsp3) is 0.729. The zero-order chi connectivity index (χ0) is 39.1. The summed E-state index contributed by atoms with van der Waals surface area (Å²) in [5, 5.41) is 0. The summed E-state index contributed by atoms with van der Waals surface area (Å²) < 4.78 is 11.0. The molecule has 0 spiro atoms. The Morgan fingerprint density at radius 1 is 0.549 bits per heavy atom. The largest absolute Gasteiger partial charge is 0.465 e. The fourth-order valence-electron chi connectivity index (χ4n) is 9.69. The molecular weight excluding hydrogens is 625 g/mol. The average Bonchev–Trinajstić information content (AvgIpc) is 2.93. The molecule has 290 valence electrons. The van der Waals surface area contributed by atoms with Gasteiger partial charge in [0.05, 0.1) is 13.0 Å². The van der Waals surface area contributed by atoms with Crippen LogP contribution in [0.15, 0.2) is 42.5 Å². The second-order valence-corrected chi connectivity index (χ2v) is 21.8. The maximum atomic E-state index is 12.5. The maximum Gasteiger partial charge on any atom is 0.310 e. The van der Waals surface area contributed by atoms with E-state index < -0.39 is 0 Å². The van der Waals surface area contributed by atoms with Crippen molar-refractivity contribution < 1.29 is 14.3 Å².